The van der Waals surface area contributed by atoms with Gasteiger partial charge in [-0.25, -0.2) is 15.0 Å². The topological polar surface area (TPSA) is 110 Å². The number of nitrogens with two attached hydrogens (primary N) is 1. The average molecular weight is 490 g/mol. The van der Waals surface area contributed by atoms with E-state index in [0.29, 0.717) is 36.9 Å². The van der Waals surface area contributed by atoms with Gasteiger partial charge in [0.15, 0.2) is 0 Å². The Kier molecular flexibility index (Phi) is 7.67. The zero-order valence-corrected chi connectivity index (χ0v) is 21.5. The van der Waals surface area contributed by atoms with Crippen LogP contribution in [-0.4, -0.2) is 56.9 Å². The van der Waals surface area contributed by atoms with Gasteiger partial charge in [0, 0.05) is 69.2 Å². The summed E-state index contributed by atoms with van der Waals surface area (Å²) < 4.78 is 2.07. The summed E-state index contributed by atoms with van der Waals surface area (Å²) in [5.41, 5.74) is 8.38. The van der Waals surface area contributed by atoms with Crippen LogP contribution in [0.4, 0.5) is 5.95 Å². The summed E-state index contributed by atoms with van der Waals surface area (Å²) in [6, 6.07) is 7.01. The third-order valence-corrected chi connectivity index (χ3v) is 6.63. The smallest absolute Gasteiger partial charge is 0.248 e. The fourth-order valence-electron chi connectivity index (χ4n) is 4.80. The summed E-state index contributed by atoms with van der Waals surface area (Å²) in [4.78, 5) is 43.1. The summed E-state index contributed by atoms with van der Waals surface area (Å²) in [6.07, 6.45) is 8.70. The van der Waals surface area contributed by atoms with Crippen LogP contribution in [-0.2, 0) is 11.3 Å². The lowest BCUT2D eigenvalue weighted by atomic mass is 9.93. The van der Waals surface area contributed by atoms with E-state index in [-0.39, 0.29) is 11.9 Å². The second kappa shape index (κ2) is 10.9. The van der Waals surface area contributed by atoms with E-state index in [1.165, 1.54) is 0 Å². The van der Waals surface area contributed by atoms with Crippen molar-refractivity contribution in [2.24, 2.45) is 5.73 Å². The van der Waals surface area contributed by atoms with E-state index < -0.39 is 5.91 Å². The Hall–Kier alpha value is -3.75. The molecule has 0 spiro atoms. The fourth-order valence-corrected chi connectivity index (χ4v) is 4.80. The molecule has 0 saturated carbocycles. The Morgan fingerprint density at radius 2 is 2.00 bits per heavy atom. The fraction of sp³-hybridized carbons (Fsp3) is 0.444. The molecule has 9 heteroatoms. The molecule has 0 unspecified atom stereocenters. The number of carbonyl (C=O) groups excluding carboxylic acids is 2. The van der Waals surface area contributed by atoms with Crippen molar-refractivity contribution in [1.82, 2.24) is 24.4 Å². The van der Waals surface area contributed by atoms with Crippen LogP contribution in [0, 0.1) is 0 Å². The van der Waals surface area contributed by atoms with Gasteiger partial charge < -0.3 is 20.1 Å². The minimum Gasteiger partial charge on any atom is -0.366 e. The highest BCUT2D eigenvalue weighted by atomic mass is 16.2. The quantitative estimate of drug-likeness (QED) is 0.516. The van der Waals surface area contributed by atoms with Gasteiger partial charge >= 0.3 is 0 Å². The highest BCUT2D eigenvalue weighted by molar-refractivity contribution is 5.94. The number of benzene rings is 1. The molecule has 1 fully saturated rings. The molecule has 2 N–H and O–H groups in total. The van der Waals surface area contributed by atoms with Gasteiger partial charge in [-0.15, -0.1) is 0 Å². The van der Waals surface area contributed by atoms with Gasteiger partial charge in [0.2, 0.25) is 17.8 Å². The monoisotopic (exact) mass is 489 g/mol. The molecule has 1 saturated heterocycles. The predicted molar refractivity (Wildman–Crippen MR) is 140 cm³/mol. The second-order valence-corrected chi connectivity index (χ2v) is 9.79. The molecule has 3 aromatic rings. The lowest BCUT2D eigenvalue weighted by Gasteiger charge is -2.36. The van der Waals surface area contributed by atoms with Crippen molar-refractivity contribution in [3.05, 3.63) is 59.9 Å². The Morgan fingerprint density at radius 3 is 2.72 bits per heavy atom. The van der Waals surface area contributed by atoms with E-state index in [0.717, 1.165) is 41.9 Å². The molecular weight excluding hydrogens is 454 g/mol. The van der Waals surface area contributed by atoms with E-state index in [4.69, 9.17) is 10.7 Å². The summed E-state index contributed by atoms with van der Waals surface area (Å²) >= 11 is 0. The molecule has 2 amide bonds. The number of rotatable bonds is 8. The SMILES string of the molecule is CC(C)c1nccn1CCC(=O)N1CCCC[C@@H]1c1nc(N(C)C)ncc1-c1cccc(C(N)=O)c1. The third-order valence-electron chi connectivity index (χ3n) is 6.63. The van der Waals surface area contributed by atoms with Crippen molar-refractivity contribution < 1.29 is 9.59 Å². The normalized spacial score (nSPS) is 15.8. The van der Waals surface area contributed by atoms with Gasteiger partial charge in [0.05, 0.1) is 11.7 Å². The zero-order chi connectivity index (χ0) is 25.8. The van der Waals surface area contributed by atoms with Crippen molar-refractivity contribution in [1.29, 1.82) is 0 Å². The van der Waals surface area contributed by atoms with Crippen LogP contribution in [0.3, 0.4) is 0 Å². The van der Waals surface area contributed by atoms with Crippen molar-refractivity contribution in [2.75, 3.05) is 25.5 Å². The lowest BCUT2D eigenvalue weighted by Crippen LogP contribution is -2.39. The standard InChI is InChI=1S/C27H35N7O2/c1-18(2)26-29-12-15-33(26)14-11-23(35)34-13-6-5-10-22(34)24-21(17-30-27(31-24)32(3)4)19-8-7-9-20(16-19)25(28)36/h7-9,12,15-18,22H,5-6,10-11,13-14H2,1-4H3,(H2,28,36)/t22-/m1/s1. The number of primary amides is 1. The van der Waals surface area contributed by atoms with E-state index >= 15 is 0 Å². The number of nitrogens with zero attached hydrogens (tertiary/aromatic N) is 6. The highest BCUT2D eigenvalue weighted by Crippen LogP contribution is 2.37. The minimum absolute atomic E-state index is 0.102. The Labute approximate surface area is 212 Å². The maximum absolute atomic E-state index is 13.5. The maximum Gasteiger partial charge on any atom is 0.248 e. The molecule has 1 atom stereocenters. The highest BCUT2D eigenvalue weighted by Gasteiger charge is 2.31. The Morgan fingerprint density at radius 1 is 1.19 bits per heavy atom. The van der Waals surface area contributed by atoms with Crippen molar-refractivity contribution in [3.8, 4) is 11.1 Å². The number of likely N-dealkylation sites (tertiary alicyclic amines) is 1. The number of anilines is 1. The number of aromatic nitrogens is 4. The van der Waals surface area contributed by atoms with Gasteiger partial charge in [-0.3, -0.25) is 9.59 Å². The maximum atomic E-state index is 13.5. The molecule has 9 nitrogen and oxygen atoms in total. The number of hydrogen-bond acceptors (Lipinski definition) is 6. The van der Waals surface area contributed by atoms with Crippen molar-refractivity contribution in [3.63, 3.8) is 0 Å². The summed E-state index contributed by atoms with van der Waals surface area (Å²) in [7, 11) is 3.79. The average Bonchev–Trinajstić information content (AvgIpc) is 3.36. The second-order valence-electron chi connectivity index (χ2n) is 9.79. The summed E-state index contributed by atoms with van der Waals surface area (Å²) in [6.45, 7) is 5.49. The Balaban J connectivity index is 1.67. The van der Waals surface area contributed by atoms with Crippen LogP contribution in [0.2, 0.25) is 0 Å². The number of amides is 2. The van der Waals surface area contributed by atoms with Crippen molar-refractivity contribution >= 4 is 17.8 Å². The van der Waals surface area contributed by atoms with Crippen LogP contribution < -0.4 is 10.6 Å². The molecule has 190 valence electrons. The first-order chi connectivity index (χ1) is 17.3. The molecule has 36 heavy (non-hydrogen) atoms. The number of aryl methyl sites for hydroxylation is 1. The molecular formula is C27H35N7O2. The van der Waals surface area contributed by atoms with E-state index in [1.807, 2.05) is 36.2 Å². The van der Waals surface area contributed by atoms with Crippen LogP contribution in [0.25, 0.3) is 11.1 Å². The predicted octanol–water partition coefficient (Wildman–Crippen LogP) is 3.77. The molecule has 1 aliphatic rings. The first kappa shape index (κ1) is 25.3. The third kappa shape index (κ3) is 5.40. The lowest BCUT2D eigenvalue weighted by molar-refractivity contribution is -0.135. The number of hydrogen-bond donors (Lipinski definition) is 1. The zero-order valence-electron chi connectivity index (χ0n) is 21.5. The molecule has 2 aromatic heterocycles. The van der Waals surface area contributed by atoms with Crippen LogP contribution in [0.5, 0.6) is 0 Å². The first-order valence-corrected chi connectivity index (χ1v) is 12.5. The molecule has 0 bridgehead atoms. The molecule has 4 rings (SSSR count). The molecule has 0 radical (unpaired) electrons. The Bertz CT molecular complexity index is 1230. The summed E-state index contributed by atoms with van der Waals surface area (Å²) in [5.74, 6) is 1.48. The molecule has 1 aliphatic heterocycles. The van der Waals surface area contributed by atoms with Crippen LogP contribution >= 0.6 is 0 Å². The van der Waals surface area contributed by atoms with Crippen LogP contribution in [0.1, 0.15) is 73.4 Å². The van der Waals surface area contributed by atoms with Gasteiger partial charge in [0.25, 0.3) is 0 Å². The van der Waals surface area contributed by atoms with E-state index in [1.54, 1.807) is 30.6 Å². The largest absolute Gasteiger partial charge is 0.366 e. The molecule has 0 aliphatic carbocycles. The minimum atomic E-state index is -0.487. The van der Waals surface area contributed by atoms with Gasteiger partial charge in [0.1, 0.15) is 5.82 Å². The van der Waals surface area contributed by atoms with Gasteiger partial charge in [-0.05, 0) is 37.0 Å². The van der Waals surface area contributed by atoms with Gasteiger partial charge in [-0.2, -0.15) is 0 Å². The van der Waals surface area contributed by atoms with E-state index in [2.05, 4.69) is 28.4 Å². The number of imidazole rings is 1. The molecule has 1 aromatic carbocycles. The number of piperidine rings is 1. The van der Waals surface area contributed by atoms with Gasteiger partial charge in [-0.1, -0.05) is 26.0 Å². The van der Waals surface area contributed by atoms with Crippen LogP contribution in [0.15, 0.2) is 42.9 Å². The van der Waals surface area contributed by atoms with E-state index in [9.17, 15) is 9.59 Å². The molecule has 3 heterocycles. The first-order valence-electron chi connectivity index (χ1n) is 12.5. The summed E-state index contributed by atoms with van der Waals surface area (Å²) in [5, 5.41) is 0. The number of carbonyl (C=O) groups is 2. The van der Waals surface area contributed by atoms with Crippen molar-refractivity contribution in [2.45, 2.75) is 58.0 Å².